The van der Waals surface area contributed by atoms with Crippen molar-refractivity contribution in [1.29, 1.82) is 0 Å². The van der Waals surface area contributed by atoms with Crippen LogP contribution in [-0.4, -0.2) is 64.1 Å². The van der Waals surface area contributed by atoms with Crippen LogP contribution in [0.2, 0.25) is 18.1 Å². The summed E-state index contributed by atoms with van der Waals surface area (Å²) < 4.78 is 24.4. The van der Waals surface area contributed by atoms with E-state index in [2.05, 4.69) is 40.4 Å². The van der Waals surface area contributed by atoms with Crippen molar-refractivity contribution in [2.75, 3.05) is 18.1 Å². The normalized spacial score (nSPS) is 29.1. The third-order valence-corrected chi connectivity index (χ3v) is 15.6. The average molecular weight is 538 g/mol. The molecule has 1 amide bonds. The molecule has 0 aliphatic carbocycles. The molecular formula is C21H32ClNO5S3Si. The lowest BCUT2D eigenvalue weighted by atomic mass is 9.92. The monoisotopic (exact) mass is 537 g/mol. The van der Waals surface area contributed by atoms with Crippen molar-refractivity contribution >= 4 is 66.1 Å². The van der Waals surface area contributed by atoms with Gasteiger partial charge in [0.2, 0.25) is 5.91 Å². The maximum absolute atomic E-state index is 13.2. The Labute approximate surface area is 207 Å². The Morgan fingerprint density at radius 2 is 2.09 bits per heavy atom. The smallest absolute Gasteiger partial charge is 0.357 e. The van der Waals surface area contributed by atoms with Gasteiger partial charge in [-0.15, -0.1) is 11.8 Å². The van der Waals surface area contributed by atoms with Crippen molar-refractivity contribution in [3.05, 3.63) is 21.5 Å². The Morgan fingerprint density at radius 1 is 1.44 bits per heavy atom. The summed E-state index contributed by atoms with van der Waals surface area (Å²) in [7, 11) is -2.88. The Balaban J connectivity index is 1.79. The molecule has 0 aromatic rings. The van der Waals surface area contributed by atoms with E-state index in [1.807, 2.05) is 6.92 Å². The molecule has 32 heavy (non-hydrogen) atoms. The number of β-lactam (4-membered cyclic amide) rings is 1. The Morgan fingerprint density at radius 3 is 2.62 bits per heavy atom. The van der Waals surface area contributed by atoms with Crippen LogP contribution in [0.3, 0.4) is 0 Å². The van der Waals surface area contributed by atoms with E-state index in [1.165, 1.54) is 23.5 Å². The zero-order chi connectivity index (χ0) is 24.0. The third-order valence-electron chi connectivity index (χ3n) is 6.40. The summed E-state index contributed by atoms with van der Waals surface area (Å²) in [5.74, 6) is 0.260. The standard InChI is InChI=1S/C21H32ClNO5S3Si/c1-12(22)10-27-19(25)16-20(29-14-8-9-31(26)11-14)30-18-15(17(24)23(16)18)13(2)28-32(6,7)21(3,4)5/h13-15,18H,1,8-11H2,2-7H3/t13-,14-,15+,18-,31+/m1/s1. The van der Waals surface area contributed by atoms with Crippen molar-refractivity contribution in [2.45, 2.75) is 69.0 Å². The van der Waals surface area contributed by atoms with Crippen LogP contribution in [0.25, 0.3) is 0 Å². The average Bonchev–Trinajstić information content (AvgIpc) is 3.19. The van der Waals surface area contributed by atoms with Crippen molar-refractivity contribution in [1.82, 2.24) is 4.90 Å². The minimum Gasteiger partial charge on any atom is -0.455 e. The van der Waals surface area contributed by atoms with E-state index in [0.717, 1.165) is 10.7 Å². The van der Waals surface area contributed by atoms with E-state index >= 15 is 0 Å². The van der Waals surface area contributed by atoms with Crippen molar-refractivity contribution in [2.24, 2.45) is 5.92 Å². The van der Waals surface area contributed by atoms with Crippen molar-refractivity contribution < 1.29 is 23.0 Å². The van der Waals surface area contributed by atoms with E-state index in [9.17, 15) is 13.8 Å². The molecule has 5 atom stereocenters. The second-order valence-electron chi connectivity index (χ2n) is 9.89. The highest BCUT2D eigenvalue weighted by molar-refractivity contribution is 8.23. The van der Waals surface area contributed by atoms with Gasteiger partial charge < -0.3 is 9.16 Å². The van der Waals surface area contributed by atoms with Crippen LogP contribution in [0, 0.1) is 5.92 Å². The number of carbonyl (C=O) groups is 2. The molecule has 3 aliphatic rings. The molecule has 3 rings (SSSR count). The molecule has 11 heteroatoms. The molecule has 0 bridgehead atoms. The van der Waals surface area contributed by atoms with Gasteiger partial charge in [-0.3, -0.25) is 13.9 Å². The number of fused-ring (bicyclic) bond motifs is 1. The summed E-state index contributed by atoms with van der Waals surface area (Å²) in [5, 5.41) is 0.216. The van der Waals surface area contributed by atoms with E-state index in [-0.39, 0.29) is 50.9 Å². The van der Waals surface area contributed by atoms with E-state index < -0.39 is 25.1 Å². The molecule has 0 N–H and O–H groups in total. The van der Waals surface area contributed by atoms with Crippen molar-refractivity contribution in [3.8, 4) is 0 Å². The molecule has 3 heterocycles. The number of rotatable bonds is 8. The number of ether oxygens (including phenoxy) is 1. The molecule has 0 aromatic heterocycles. The first-order chi connectivity index (χ1) is 14.7. The highest BCUT2D eigenvalue weighted by Crippen LogP contribution is 2.56. The maximum atomic E-state index is 13.2. The SMILES string of the molecule is C=C(Cl)COC(=O)C1=C(S[C@@H]2CC[S@](=O)C2)S[C@@H]2[C@@H]([C@@H](C)O[Si](C)(C)C(C)(C)C)C(=O)N12. The Kier molecular flexibility index (Phi) is 8.05. The predicted octanol–water partition coefficient (Wildman–Crippen LogP) is 4.65. The fourth-order valence-corrected chi connectivity index (χ4v) is 10.3. The van der Waals surface area contributed by atoms with E-state index in [1.54, 1.807) is 4.90 Å². The van der Waals surface area contributed by atoms with E-state index in [4.69, 9.17) is 20.8 Å². The first kappa shape index (κ1) is 26.3. The molecule has 2 saturated heterocycles. The molecule has 0 radical (unpaired) electrons. The van der Waals surface area contributed by atoms with Crippen LogP contribution < -0.4 is 0 Å². The van der Waals surface area contributed by atoms with Gasteiger partial charge in [0.25, 0.3) is 0 Å². The van der Waals surface area contributed by atoms with Crippen LogP contribution in [0.15, 0.2) is 21.5 Å². The molecule has 180 valence electrons. The lowest BCUT2D eigenvalue weighted by Gasteiger charge is -2.48. The number of hydrogen-bond acceptors (Lipinski definition) is 7. The molecular weight excluding hydrogens is 506 g/mol. The second kappa shape index (κ2) is 9.77. The summed E-state index contributed by atoms with van der Waals surface area (Å²) >= 11 is 8.82. The van der Waals surface area contributed by atoms with Gasteiger partial charge in [-0.05, 0) is 31.5 Å². The van der Waals surface area contributed by atoms with Crippen LogP contribution in [0.5, 0.6) is 0 Å². The first-order valence-electron chi connectivity index (χ1n) is 10.7. The fraction of sp³-hybridized carbons (Fsp3) is 0.714. The zero-order valence-corrected chi connectivity index (χ0v) is 23.6. The van der Waals surface area contributed by atoms with Gasteiger partial charge in [-0.1, -0.05) is 50.7 Å². The topological polar surface area (TPSA) is 72.9 Å². The quantitative estimate of drug-likeness (QED) is 0.253. The molecule has 2 fully saturated rings. The molecule has 0 aromatic carbocycles. The summed E-state index contributed by atoms with van der Waals surface area (Å²) in [6.07, 6.45) is 0.579. The summed E-state index contributed by atoms with van der Waals surface area (Å²) in [6.45, 7) is 16.3. The summed E-state index contributed by atoms with van der Waals surface area (Å²) in [4.78, 5) is 27.6. The molecule has 0 unspecified atom stereocenters. The number of nitrogens with zero attached hydrogens (tertiary/aromatic N) is 1. The molecule has 0 saturated carbocycles. The zero-order valence-electron chi connectivity index (χ0n) is 19.4. The predicted molar refractivity (Wildman–Crippen MR) is 136 cm³/mol. The lowest BCUT2D eigenvalue weighted by Crippen LogP contribution is -2.62. The number of thioether (sulfide) groups is 2. The van der Waals surface area contributed by atoms with Gasteiger partial charge in [0, 0.05) is 32.6 Å². The Bertz CT molecular complexity index is 872. The minimum atomic E-state index is -2.05. The number of amides is 1. The van der Waals surface area contributed by atoms with Crippen LogP contribution in [-0.2, 0) is 29.6 Å². The largest absolute Gasteiger partial charge is 0.455 e. The van der Waals surface area contributed by atoms with Crippen LogP contribution in [0.4, 0.5) is 0 Å². The number of halogens is 1. The van der Waals surface area contributed by atoms with Crippen LogP contribution >= 0.6 is 35.1 Å². The third kappa shape index (κ3) is 5.35. The number of esters is 1. The van der Waals surface area contributed by atoms with Crippen molar-refractivity contribution in [3.63, 3.8) is 0 Å². The van der Waals surface area contributed by atoms with Gasteiger partial charge in [-0.25, -0.2) is 4.79 Å². The minimum absolute atomic E-state index is 0.0346. The van der Waals surface area contributed by atoms with Gasteiger partial charge in [0.05, 0.1) is 16.3 Å². The second-order valence-corrected chi connectivity index (χ2v) is 19.5. The molecule has 3 aliphatic heterocycles. The van der Waals surface area contributed by atoms with Gasteiger partial charge >= 0.3 is 5.97 Å². The maximum Gasteiger partial charge on any atom is 0.357 e. The molecule has 6 nitrogen and oxygen atoms in total. The summed E-state index contributed by atoms with van der Waals surface area (Å²) in [6, 6.07) is 0. The number of carbonyl (C=O) groups excluding carboxylic acids is 2. The highest BCUT2D eigenvalue weighted by Gasteiger charge is 2.59. The fourth-order valence-electron chi connectivity index (χ4n) is 3.62. The van der Waals surface area contributed by atoms with Gasteiger partial charge in [-0.2, -0.15) is 0 Å². The number of hydrogen-bond donors (Lipinski definition) is 0. The summed E-state index contributed by atoms with van der Waals surface area (Å²) in [5.41, 5.74) is 0.279. The first-order valence-corrected chi connectivity index (χ1v) is 17.2. The highest BCUT2D eigenvalue weighted by atomic mass is 35.5. The van der Waals surface area contributed by atoms with E-state index in [0.29, 0.717) is 11.5 Å². The van der Waals surface area contributed by atoms with Crippen LogP contribution in [0.1, 0.15) is 34.1 Å². The van der Waals surface area contributed by atoms with Gasteiger partial charge in [0.15, 0.2) is 14.0 Å². The van der Waals surface area contributed by atoms with Gasteiger partial charge in [0.1, 0.15) is 12.0 Å². The lowest BCUT2D eigenvalue weighted by molar-refractivity contribution is -0.157. The Hall–Kier alpha value is -0.263. The molecule has 0 spiro atoms.